The van der Waals surface area contributed by atoms with E-state index in [-0.39, 0.29) is 18.6 Å². The minimum atomic E-state index is -0.399. The topological polar surface area (TPSA) is 49.3 Å². The normalized spacial score (nSPS) is 17.0. The number of nitrogens with one attached hydrogen (secondary N) is 1. The van der Waals surface area contributed by atoms with Crippen molar-refractivity contribution in [2.24, 2.45) is 0 Å². The van der Waals surface area contributed by atoms with E-state index in [1.807, 2.05) is 60.7 Å². The zero-order valence-corrected chi connectivity index (χ0v) is 11.8. The Hall–Kier alpha value is -2.13. The summed E-state index contributed by atoms with van der Waals surface area (Å²) < 4.78 is 0. The molecule has 3 nitrogen and oxygen atoms in total. The first-order valence-corrected chi connectivity index (χ1v) is 7.28. The van der Waals surface area contributed by atoms with E-state index < -0.39 is 5.41 Å². The first kappa shape index (κ1) is 13.8. The van der Waals surface area contributed by atoms with Crippen molar-refractivity contribution in [1.82, 2.24) is 5.32 Å². The van der Waals surface area contributed by atoms with E-state index >= 15 is 0 Å². The Labute approximate surface area is 124 Å². The van der Waals surface area contributed by atoms with E-state index in [1.165, 1.54) is 0 Å². The molecule has 0 unspecified atom stereocenters. The molecule has 0 heterocycles. The molecule has 0 spiro atoms. The second kappa shape index (κ2) is 5.70. The molecule has 0 radical (unpaired) electrons. The van der Waals surface area contributed by atoms with Crippen molar-refractivity contribution in [2.45, 2.75) is 24.3 Å². The number of rotatable bonds is 5. The van der Waals surface area contributed by atoms with Crippen LogP contribution in [0.4, 0.5) is 0 Å². The average molecular weight is 281 g/mol. The van der Waals surface area contributed by atoms with Gasteiger partial charge in [-0.25, -0.2) is 0 Å². The van der Waals surface area contributed by atoms with E-state index in [2.05, 4.69) is 5.32 Å². The Morgan fingerprint density at radius 3 is 2.14 bits per heavy atom. The summed E-state index contributed by atoms with van der Waals surface area (Å²) in [5.41, 5.74) is 1.59. The predicted molar refractivity (Wildman–Crippen MR) is 81.8 cm³/mol. The van der Waals surface area contributed by atoms with Crippen molar-refractivity contribution in [3.8, 4) is 0 Å². The van der Waals surface area contributed by atoms with Crippen molar-refractivity contribution < 1.29 is 9.90 Å². The van der Waals surface area contributed by atoms with Crippen LogP contribution in [0.3, 0.4) is 0 Å². The van der Waals surface area contributed by atoms with E-state index in [0.29, 0.717) is 0 Å². The fourth-order valence-electron chi connectivity index (χ4n) is 2.75. The van der Waals surface area contributed by atoms with Gasteiger partial charge in [0.1, 0.15) is 0 Å². The number of hydrogen-bond donors (Lipinski definition) is 2. The van der Waals surface area contributed by atoms with E-state index in [1.54, 1.807) is 0 Å². The minimum Gasteiger partial charge on any atom is -0.394 e. The van der Waals surface area contributed by atoms with Crippen LogP contribution in [0.15, 0.2) is 60.7 Å². The van der Waals surface area contributed by atoms with Gasteiger partial charge in [0, 0.05) is 0 Å². The number of hydrogen-bond acceptors (Lipinski definition) is 2. The molecule has 0 bridgehead atoms. The maximum Gasteiger partial charge on any atom is 0.231 e. The summed E-state index contributed by atoms with van der Waals surface area (Å²) in [6, 6.07) is 19.1. The molecule has 0 aliphatic heterocycles. The highest BCUT2D eigenvalue weighted by molar-refractivity contribution is 5.91. The summed E-state index contributed by atoms with van der Waals surface area (Å²) in [5.74, 6) is 0.0107. The van der Waals surface area contributed by atoms with Gasteiger partial charge in [0.25, 0.3) is 0 Å². The summed E-state index contributed by atoms with van der Waals surface area (Å²) >= 11 is 0. The molecule has 1 aliphatic rings. The summed E-state index contributed by atoms with van der Waals surface area (Å²) in [6.07, 6.45) is 1.74. The third-order valence-corrected chi connectivity index (χ3v) is 4.20. The highest BCUT2D eigenvalue weighted by Gasteiger charge is 2.51. The standard InChI is InChI=1S/C18H19NO2/c20-13-16(14-7-3-1-4-8-14)19-17(21)18(11-12-18)15-9-5-2-6-10-15/h1-10,16,20H,11-13H2,(H,19,21)/t16-/m1/s1. The number of carbonyl (C=O) groups excluding carboxylic acids is 1. The van der Waals surface area contributed by atoms with Crippen LogP contribution in [-0.4, -0.2) is 17.6 Å². The maximum atomic E-state index is 12.6. The SMILES string of the molecule is O=C(N[C@H](CO)c1ccccc1)C1(c2ccccc2)CC1. The van der Waals surface area contributed by atoms with Crippen LogP contribution < -0.4 is 5.32 Å². The summed E-state index contributed by atoms with van der Waals surface area (Å²) in [7, 11) is 0. The molecule has 1 saturated carbocycles. The smallest absolute Gasteiger partial charge is 0.231 e. The second-order valence-electron chi connectivity index (χ2n) is 5.57. The number of benzene rings is 2. The number of aliphatic hydroxyl groups excluding tert-OH is 1. The van der Waals surface area contributed by atoms with Gasteiger partial charge in [0.05, 0.1) is 18.1 Å². The minimum absolute atomic E-state index is 0.0107. The van der Waals surface area contributed by atoms with Gasteiger partial charge >= 0.3 is 0 Å². The molecule has 1 atom stereocenters. The Balaban J connectivity index is 1.77. The highest BCUT2D eigenvalue weighted by atomic mass is 16.3. The Morgan fingerprint density at radius 1 is 1.05 bits per heavy atom. The molecular formula is C18H19NO2. The van der Waals surface area contributed by atoms with Crippen LogP contribution in [0, 0.1) is 0 Å². The molecule has 0 aromatic heterocycles. The third kappa shape index (κ3) is 2.69. The van der Waals surface area contributed by atoms with Crippen molar-refractivity contribution in [3.05, 3.63) is 71.8 Å². The summed E-state index contributed by atoms with van der Waals surface area (Å²) in [4.78, 5) is 12.6. The molecule has 108 valence electrons. The van der Waals surface area contributed by atoms with E-state index in [0.717, 1.165) is 24.0 Å². The Morgan fingerprint density at radius 2 is 1.62 bits per heavy atom. The Kier molecular flexibility index (Phi) is 3.76. The zero-order valence-electron chi connectivity index (χ0n) is 11.8. The Bertz CT molecular complexity index is 606. The highest BCUT2D eigenvalue weighted by Crippen LogP contribution is 2.48. The molecule has 3 rings (SSSR count). The van der Waals surface area contributed by atoms with Gasteiger partial charge in [-0.15, -0.1) is 0 Å². The maximum absolute atomic E-state index is 12.6. The fraction of sp³-hybridized carbons (Fsp3) is 0.278. The number of carbonyl (C=O) groups is 1. The van der Waals surface area contributed by atoms with Crippen molar-refractivity contribution in [2.75, 3.05) is 6.61 Å². The lowest BCUT2D eigenvalue weighted by Gasteiger charge is -2.21. The van der Waals surface area contributed by atoms with Gasteiger partial charge in [0.2, 0.25) is 5.91 Å². The molecule has 0 saturated heterocycles. The van der Waals surface area contributed by atoms with Gasteiger partial charge in [-0.3, -0.25) is 4.79 Å². The molecular weight excluding hydrogens is 262 g/mol. The number of amides is 1. The molecule has 2 N–H and O–H groups in total. The molecule has 21 heavy (non-hydrogen) atoms. The summed E-state index contributed by atoms with van der Waals surface area (Å²) in [6.45, 7) is -0.0966. The molecule has 3 heteroatoms. The van der Waals surface area contributed by atoms with Gasteiger partial charge in [-0.05, 0) is 24.0 Å². The van der Waals surface area contributed by atoms with Gasteiger partial charge in [-0.1, -0.05) is 60.7 Å². The quantitative estimate of drug-likeness (QED) is 0.885. The molecule has 1 fully saturated rings. The van der Waals surface area contributed by atoms with Crippen molar-refractivity contribution in [1.29, 1.82) is 0 Å². The second-order valence-corrected chi connectivity index (χ2v) is 5.57. The number of aliphatic hydroxyl groups is 1. The van der Waals surface area contributed by atoms with Crippen LogP contribution in [0.5, 0.6) is 0 Å². The monoisotopic (exact) mass is 281 g/mol. The molecule has 1 aliphatic carbocycles. The van der Waals surface area contributed by atoms with Gasteiger partial charge in [-0.2, -0.15) is 0 Å². The first-order chi connectivity index (χ1) is 10.3. The fourth-order valence-corrected chi connectivity index (χ4v) is 2.75. The van der Waals surface area contributed by atoms with Crippen LogP contribution in [0.1, 0.15) is 30.0 Å². The summed E-state index contributed by atoms with van der Waals surface area (Å²) in [5, 5.41) is 12.6. The average Bonchev–Trinajstić information content (AvgIpc) is 3.36. The van der Waals surface area contributed by atoms with E-state index in [4.69, 9.17) is 0 Å². The van der Waals surface area contributed by atoms with Crippen LogP contribution >= 0.6 is 0 Å². The van der Waals surface area contributed by atoms with Crippen LogP contribution in [-0.2, 0) is 10.2 Å². The van der Waals surface area contributed by atoms with Crippen molar-refractivity contribution in [3.63, 3.8) is 0 Å². The van der Waals surface area contributed by atoms with Crippen molar-refractivity contribution >= 4 is 5.91 Å². The van der Waals surface area contributed by atoms with Gasteiger partial charge in [0.15, 0.2) is 0 Å². The third-order valence-electron chi connectivity index (χ3n) is 4.20. The first-order valence-electron chi connectivity index (χ1n) is 7.28. The lowest BCUT2D eigenvalue weighted by molar-refractivity contribution is -0.124. The van der Waals surface area contributed by atoms with E-state index in [9.17, 15) is 9.90 Å². The zero-order chi connectivity index (χ0) is 14.7. The molecule has 2 aromatic rings. The van der Waals surface area contributed by atoms with Crippen LogP contribution in [0.25, 0.3) is 0 Å². The molecule has 2 aromatic carbocycles. The predicted octanol–water partition coefficient (Wildman–Crippen LogP) is 2.57. The van der Waals surface area contributed by atoms with Gasteiger partial charge < -0.3 is 10.4 Å². The molecule has 1 amide bonds. The lowest BCUT2D eigenvalue weighted by Crippen LogP contribution is -2.38. The van der Waals surface area contributed by atoms with Crippen LogP contribution in [0.2, 0.25) is 0 Å². The largest absolute Gasteiger partial charge is 0.394 e. The lowest BCUT2D eigenvalue weighted by atomic mass is 9.94.